The standard InChI is InChI=1S/C53H58F2N8O4/c54-37-30-36(31-38(55)49(37)60-24-20-33(21-25-60)32-8-2-1-3-9-32)63-43(34-14-16-39-41(28-34)58-50(56-39)45-10-4-22-61(45)52(64)47-12-6-26-66-47)18-19-44(63)35-15-17-40-42(29-35)59-51(57-40)46-11-5-23-62(46)53(65)48-13-7-27-67-48/h1-3,8-9,14-17,28-31,33,43-48H,4-7,10-13,18-27H2,(H,56,58)(H,57,59)/t43-,44-,45+,46+,47+,48+/m1/s1. The Bertz CT molecular complexity index is 2640. The molecule has 0 saturated carbocycles. The highest BCUT2D eigenvalue weighted by molar-refractivity contribution is 5.83. The Morgan fingerprint density at radius 3 is 1.57 bits per heavy atom. The molecule has 0 aliphatic carbocycles. The van der Waals surface area contributed by atoms with E-state index in [2.05, 4.69) is 63.4 Å². The number of hydrogen-bond acceptors (Lipinski definition) is 8. The summed E-state index contributed by atoms with van der Waals surface area (Å²) < 4.78 is 45.0. The number of nitrogens with one attached hydrogen (secondary N) is 2. The summed E-state index contributed by atoms with van der Waals surface area (Å²) in [6.07, 6.45) is 9.15. The second-order valence-corrected chi connectivity index (χ2v) is 19.6. The number of rotatable bonds is 9. The minimum atomic E-state index is -0.558. The molecule has 67 heavy (non-hydrogen) atoms. The number of ether oxygens (including phenoxy) is 2. The van der Waals surface area contributed by atoms with Gasteiger partial charge in [0, 0.05) is 45.1 Å². The minimum Gasteiger partial charge on any atom is -0.368 e. The zero-order chi connectivity index (χ0) is 45.2. The quantitative estimate of drug-likeness (QED) is 0.147. The lowest BCUT2D eigenvalue weighted by Gasteiger charge is -2.36. The Hall–Kier alpha value is -5.86. The topological polar surface area (TPSA) is 123 Å². The molecule has 6 aliphatic heterocycles. The van der Waals surface area contributed by atoms with Crippen LogP contribution in [-0.2, 0) is 19.1 Å². The van der Waals surface area contributed by atoms with Gasteiger partial charge in [-0.3, -0.25) is 9.59 Å². The van der Waals surface area contributed by atoms with Gasteiger partial charge in [-0.1, -0.05) is 42.5 Å². The molecule has 2 N–H and O–H groups in total. The highest BCUT2D eigenvalue weighted by atomic mass is 19.1. The van der Waals surface area contributed by atoms with Crippen LogP contribution in [0.3, 0.4) is 0 Å². The molecule has 0 spiro atoms. The van der Waals surface area contributed by atoms with Crippen molar-refractivity contribution in [3.8, 4) is 0 Å². The van der Waals surface area contributed by atoms with Crippen LogP contribution < -0.4 is 9.80 Å². The Morgan fingerprint density at radius 2 is 1.07 bits per heavy atom. The van der Waals surface area contributed by atoms with Crippen molar-refractivity contribution in [2.45, 2.75) is 119 Å². The largest absolute Gasteiger partial charge is 0.368 e. The molecule has 6 fully saturated rings. The number of piperidine rings is 1. The van der Waals surface area contributed by atoms with Crippen LogP contribution in [0.2, 0.25) is 0 Å². The first-order valence-electron chi connectivity index (χ1n) is 24.7. The molecule has 8 heterocycles. The molecule has 6 atom stereocenters. The number of imidazole rings is 2. The van der Waals surface area contributed by atoms with Gasteiger partial charge in [-0.05, 0) is 136 Å². The van der Waals surface area contributed by atoms with E-state index >= 15 is 8.78 Å². The summed E-state index contributed by atoms with van der Waals surface area (Å²) in [6, 6.07) is 25.2. The van der Waals surface area contributed by atoms with Gasteiger partial charge >= 0.3 is 0 Å². The van der Waals surface area contributed by atoms with Crippen LogP contribution in [0.4, 0.5) is 20.2 Å². The number of carbonyl (C=O) groups is 2. The second-order valence-electron chi connectivity index (χ2n) is 19.6. The SMILES string of the molecule is O=C([C@@H]1CCCO1)N1CCC[C@H]1c1nc2ccc([C@H]3CC[C@H](c4ccc5nc([C@@H]6CCCN6C(=O)[C@@H]6CCCO6)[nH]c5c4)N3c3cc(F)c(N4CCC(c5ccccc5)CC4)c(F)c3)cc2[nH]1. The van der Waals surface area contributed by atoms with Gasteiger partial charge < -0.3 is 39.0 Å². The molecule has 6 aromatic rings. The summed E-state index contributed by atoms with van der Waals surface area (Å²) in [7, 11) is 0. The van der Waals surface area contributed by atoms with Crippen molar-refractivity contribution in [1.29, 1.82) is 0 Å². The maximum absolute atomic E-state index is 16.7. The van der Waals surface area contributed by atoms with Gasteiger partial charge in [0.05, 0.1) is 46.2 Å². The molecule has 2 amide bonds. The molecule has 6 saturated heterocycles. The summed E-state index contributed by atoms with van der Waals surface area (Å²) in [4.78, 5) is 52.2. The molecule has 0 unspecified atom stereocenters. The van der Waals surface area contributed by atoms with Crippen LogP contribution in [0.5, 0.6) is 0 Å². The fraction of sp³-hybridized carbons (Fsp3) is 0.472. The fourth-order valence-electron chi connectivity index (χ4n) is 12.4. The van der Waals surface area contributed by atoms with E-state index in [0.29, 0.717) is 51.0 Å². The van der Waals surface area contributed by atoms with Gasteiger partial charge in [-0.2, -0.15) is 0 Å². The summed E-state index contributed by atoms with van der Waals surface area (Å²) in [5, 5.41) is 0. The van der Waals surface area contributed by atoms with Crippen molar-refractivity contribution in [3.05, 3.63) is 119 Å². The number of likely N-dealkylation sites (tertiary alicyclic amines) is 2. The van der Waals surface area contributed by atoms with Gasteiger partial charge in [0.25, 0.3) is 11.8 Å². The van der Waals surface area contributed by atoms with Gasteiger partial charge in [0.15, 0.2) is 11.6 Å². The van der Waals surface area contributed by atoms with Crippen LogP contribution in [0.1, 0.15) is 135 Å². The van der Waals surface area contributed by atoms with Crippen LogP contribution in [0.15, 0.2) is 78.9 Å². The maximum atomic E-state index is 16.7. The molecule has 0 bridgehead atoms. The van der Waals surface area contributed by atoms with Gasteiger partial charge in [-0.25, -0.2) is 18.7 Å². The third-order valence-corrected chi connectivity index (χ3v) is 15.7. The number of benzene rings is 4. The molecule has 6 aliphatic rings. The first kappa shape index (κ1) is 42.5. The van der Waals surface area contributed by atoms with Crippen molar-refractivity contribution in [1.82, 2.24) is 29.7 Å². The van der Waals surface area contributed by atoms with E-state index in [1.807, 2.05) is 32.9 Å². The number of anilines is 2. The van der Waals surface area contributed by atoms with Gasteiger partial charge in [0.1, 0.15) is 29.5 Å². The van der Waals surface area contributed by atoms with Crippen LogP contribution >= 0.6 is 0 Å². The van der Waals surface area contributed by atoms with E-state index in [-0.39, 0.29) is 53.9 Å². The van der Waals surface area contributed by atoms with E-state index in [1.54, 1.807) is 0 Å². The first-order valence-corrected chi connectivity index (χ1v) is 24.7. The Kier molecular flexibility index (Phi) is 11.2. The Balaban J connectivity index is 0.864. The van der Waals surface area contributed by atoms with E-state index in [1.165, 1.54) is 17.7 Å². The van der Waals surface area contributed by atoms with E-state index < -0.39 is 11.6 Å². The monoisotopic (exact) mass is 908 g/mol. The average molecular weight is 909 g/mol. The van der Waals surface area contributed by atoms with Crippen LogP contribution in [0, 0.1) is 11.6 Å². The molecule has 348 valence electrons. The summed E-state index contributed by atoms with van der Waals surface area (Å²) in [6.45, 7) is 3.75. The lowest BCUT2D eigenvalue weighted by atomic mass is 9.89. The highest BCUT2D eigenvalue weighted by Crippen LogP contribution is 2.49. The smallest absolute Gasteiger partial charge is 0.252 e. The summed E-state index contributed by atoms with van der Waals surface area (Å²) in [5.74, 6) is 0.881. The van der Waals surface area contributed by atoms with Crippen LogP contribution in [0.25, 0.3) is 22.1 Å². The van der Waals surface area contributed by atoms with Gasteiger partial charge in [-0.15, -0.1) is 0 Å². The first-order chi connectivity index (χ1) is 32.8. The van der Waals surface area contributed by atoms with Crippen molar-refractivity contribution in [2.75, 3.05) is 49.2 Å². The lowest BCUT2D eigenvalue weighted by molar-refractivity contribution is -0.142. The molecule has 0 radical (unpaired) electrons. The molecule has 14 heteroatoms. The number of amides is 2. The number of H-pyrrole nitrogens is 2. The minimum absolute atomic E-state index is 0.0400. The predicted octanol–water partition coefficient (Wildman–Crippen LogP) is 9.87. The van der Waals surface area contributed by atoms with E-state index in [9.17, 15) is 9.59 Å². The number of carbonyl (C=O) groups excluding carboxylic acids is 2. The molecule has 12 nitrogen and oxygen atoms in total. The normalized spacial score (nSPS) is 26.0. The lowest BCUT2D eigenvalue weighted by Crippen LogP contribution is -2.38. The molecule has 12 rings (SSSR count). The molecular weight excluding hydrogens is 851 g/mol. The number of fused-ring (bicyclic) bond motifs is 2. The highest BCUT2D eigenvalue weighted by Gasteiger charge is 2.41. The van der Waals surface area contributed by atoms with Gasteiger partial charge in [0.2, 0.25) is 0 Å². The number of hydrogen-bond donors (Lipinski definition) is 2. The zero-order valence-corrected chi connectivity index (χ0v) is 37.8. The van der Waals surface area contributed by atoms with Crippen molar-refractivity contribution in [2.24, 2.45) is 0 Å². The van der Waals surface area contributed by atoms with Crippen molar-refractivity contribution >= 4 is 45.3 Å². The zero-order valence-electron chi connectivity index (χ0n) is 37.8. The third kappa shape index (κ3) is 7.83. The third-order valence-electron chi connectivity index (χ3n) is 15.7. The number of nitrogens with zero attached hydrogens (tertiary/aromatic N) is 6. The molecule has 4 aromatic carbocycles. The Labute approximate surface area is 389 Å². The van der Waals surface area contributed by atoms with E-state index in [0.717, 1.165) is 122 Å². The van der Waals surface area contributed by atoms with Crippen molar-refractivity contribution < 1.29 is 27.8 Å². The Morgan fingerprint density at radius 1 is 0.552 bits per heavy atom. The van der Waals surface area contributed by atoms with E-state index in [4.69, 9.17) is 19.4 Å². The molecular formula is C53H58F2N8O4. The average Bonchev–Trinajstić information content (AvgIpc) is 4.20. The number of aromatic nitrogens is 4. The maximum Gasteiger partial charge on any atom is 0.252 e. The summed E-state index contributed by atoms with van der Waals surface area (Å²) >= 11 is 0. The fourth-order valence-corrected chi connectivity index (χ4v) is 12.4. The summed E-state index contributed by atoms with van der Waals surface area (Å²) in [5.41, 5.74) is 7.18. The van der Waals surface area contributed by atoms with Crippen LogP contribution in [-0.4, -0.2) is 93.2 Å². The second kappa shape index (κ2) is 17.7. The predicted molar refractivity (Wildman–Crippen MR) is 252 cm³/mol. The number of aromatic amines is 2. The van der Waals surface area contributed by atoms with Crippen molar-refractivity contribution in [3.63, 3.8) is 0 Å². The number of halogens is 2. The molecule has 2 aromatic heterocycles.